The van der Waals surface area contributed by atoms with Gasteiger partial charge in [-0.05, 0) is 36.2 Å². The van der Waals surface area contributed by atoms with E-state index in [2.05, 4.69) is 0 Å². The van der Waals surface area contributed by atoms with Crippen molar-refractivity contribution in [2.45, 2.75) is 19.9 Å². The first-order valence-corrected chi connectivity index (χ1v) is 9.27. The fourth-order valence-corrected chi connectivity index (χ4v) is 2.92. The first-order valence-electron chi connectivity index (χ1n) is 8.89. The highest BCUT2D eigenvalue weighted by Crippen LogP contribution is 2.36. The fourth-order valence-electron chi connectivity index (χ4n) is 2.65. The van der Waals surface area contributed by atoms with Gasteiger partial charge in [-0.2, -0.15) is 0 Å². The summed E-state index contributed by atoms with van der Waals surface area (Å²) in [6, 6.07) is 11.4. The Morgan fingerprint density at radius 2 is 1.78 bits per heavy atom. The Balaban J connectivity index is 2.17. The molecular formula is C21H27ClN2O3. The van der Waals surface area contributed by atoms with E-state index in [0.29, 0.717) is 35.2 Å². The molecule has 0 atom stereocenters. The quantitative estimate of drug-likeness (QED) is 0.666. The van der Waals surface area contributed by atoms with Gasteiger partial charge in [-0.1, -0.05) is 30.7 Å². The molecule has 5 nitrogen and oxygen atoms in total. The van der Waals surface area contributed by atoms with E-state index in [1.54, 1.807) is 24.1 Å². The molecule has 0 aromatic heterocycles. The van der Waals surface area contributed by atoms with E-state index in [-0.39, 0.29) is 5.91 Å². The lowest BCUT2D eigenvalue weighted by atomic mass is 10.1. The molecule has 6 heteroatoms. The van der Waals surface area contributed by atoms with Gasteiger partial charge < -0.3 is 19.3 Å². The predicted molar refractivity (Wildman–Crippen MR) is 110 cm³/mol. The van der Waals surface area contributed by atoms with Crippen molar-refractivity contribution in [1.82, 2.24) is 4.90 Å². The summed E-state index contributed by atoms with van der Waals surface area (Å²) in [5.41, 5.74) is 2.64. The zero-order chi connectivity index (χ0) is 20.0. The number of methoxy groups -OCH3 is 1. The maximum atomic E-state index is 12.8. The number of carbonyl (C=O) groups is 1. The van der Waals surface area contributed by atoms with Crippen molar-refractivity contribution >= 4 is 23.2 Å². The molecule has 0 aliphatic rings. The summed E-state index contributed by atoms with van der Waals surface area (Å²) in [7, 11) is 7.30. The van der Waals surface area contributed by atoms with E-state index in [9.17, 15) is 4.79 Å². The van der Waals surface area contributed by atoms with Gasteiger partial charge in [0.2, 0.25) is 0 Å². The summed E-state index contributed by atoms with van der Waals surface area (Å²) in [5, 5.41) is 0.370. The van der Waals surface area contributed by atoms with Crippen molar-refractivity contribution in [1.29, 1.82) is 0 Å². The third kappa shape index (κ3) is 5.30. The van der Waals surface area contributed by atoms with Crippen molar-refractivity contribution in [3.8, 4) is 11.5 Å². The zero-order valence-corrected chi connectivity index (χ0v) is 17.3. The molecule has 27 heavy (non-hydrogen) atoms. The summed E-state index contributed by atoms with van der Waals surface area (Å²) >= 11 is 6.32. The van der Waals surface area contributed by atoms with Crippen LogP contribution in [0.4, 0.5) is 5.69 Å². The minimum absolute atomic E-state index is 0.131. The van der Waals surface area contributed by atoms with Crippen LogP contribution in [0.25, 0.3) is 0 Å². The molecule has 2 aromatic rings. The second-order valence-corrected chi connectivity index (χ2v) is 6.97. The summed E-state index contributed by atoms with van der Waals surface area (Å²) in [6.45, 7) is 3.05. The molecule has 0 saturated carbocycles. The van der Waals surface area contributed by atoms with Crippen LogP contribution in [-0.2, 0) is 6.54 Å². The number of halogens is 1. The molecule has 146 valence electrons. The van der Waals surface area contributed by atoms with E-state index in [4.69, 9.17) is 21.1 Å². The van der Waals surface area contributed by atoms with Gasteiger partial charge >= 0.3 is 0 Å². The minimum atomic E-state index is -0.131. The Kier molecular flexibility index (Phi) is 7.36. The van der Waals surface area contributed by atoms with E-state index in [1.807, 2.05) is 50.2 Å². The number of amides is 1. The Labute approximate surface area is 166 Å². The number of ether oxygens (including phenoxy) is 2. The third-order valence-corrected chi connectivity index (χ3v) is 4.43. The van der Waals surface area contributed by atoms with Crippen LogP contribution in [0.15, 0.2) is 36.4 Å². The van der Waals surface area contributed by atoms with E-state index in [1.165, 1.54) is 7.11 Å². The van der Waals surface area contributed by atoms with Gasteiger partial charge in [0.1, 0.15) is 0 Å². The first kappa shape index (κ1) is 20.9. The molecule has 0 aliphatic carbocycles. The SMILES string of the molecule is CCCOc1c(Cl)cc(C(=O)N(C)Cc2ccc(N(C)C)cc2)cc1OC. The van der Waals surface area contributed by atoms with Crippen molar-refractivity contribution in [3.63, 3.8) is 0 Å². The predicted octanol–water partition coefficient (Wildman–Crippen LogP) is 4.48. The summed E-state index contributed by atoms with van der Waals surface area (Å²) in [5.74, 6) is 0.802. The molecule has 0 saturated heterocycles. The minimum Gasteiger partial charge on any atom is -0.493 e. The van der Waals surface area contributed by atoms with Crippen molar-refractivity contribution in [2.24, 2.45) is 0 Å². The molecule has 2 rings (SSSR count). The number of nitrogens with zero attached hydrogens (tertiary/aromatic N) is 2. The van der Waals surface area contributed by atoms with Crippen LogP contribution < -0.4 is 14.4 Å². The molecule has 0 N–H and O–H groups in total. The van der Waals surface area contributed by atoms with Gasteiger partial charge in [0.15, 0.2) is 11.5 Å². The third-order valence-electron chi connectivity index (χ3n) is 4.15. The van der Waals surface area contributed by atoms with Gasteiger partial charge in [-0.15, -0.1) is 0 Å². The van der Waals surface area contributed by atoms with Crippen LogP contribution in [0, 0.1) is 0 Å². The van der Waals surface area contributed by atoms with E-state index >= 15 is 0 Å². The molecule has 0 aliphatic heterocycles. The standard InChI is InChI=1S/C21H27ClN2O3/c1-6-11-27-20-18(22)12-16(13-19(20)26-5)21(25)24(4)14-15-7-9-17(10-8-15)23(2)3/h7-10,12-13H,6,11,14H2,1-5H3. The van der Waals surface area contributed by atoms with Gasteiger partial charge in [-0.3, -0.25) is 4.79 Å². The largest absolute Gasteiger partial charge is 0.493 e. The van der Waals surface area contributed by atoms with Gasteiger partial charge in [0, 0.05) is 38.9 Å². The number of carbonyl (C=O) groups excluding carboxylic acids is 1. The maximum Gasteiger partial charge on any atom is 0.254 e. The molecule has 0 fully saturated rings. The van der Waals surface area contributed by atoms with E-state index in [0.717, 1.165) is 17.7 Å². The summed E-state index contributed by atoms with van der Waals surface area (Å²) in [6.07, 6.45) is 0.857. The Bertz CT molecular complexity index is 776. The maximum absolute atomic E-state index is 12.8. The van der Waals surface area contributed by atoms with Crippen molar-refractivity contribution in [3.05, 3.63) is 52.5 Å². The average molecular weight is 391 g/mol. The molecule has 0 unspecified atom stereocenters. The zero-order valence-electron chi connectivity index (χ0n) is 16.6. The lowest BCUT2D eigenvalue weighted by molar-refractivity contribution is 0.0784. The highest BCUT2D eigenvalue weighted by Gasteiger charge is 2.18. The monoisotopic (exact) mass is 390 g/mol. The van der Waals surface area contributed by atoms with Crippen LogP contribution in [0.2, 0.25) is 5.02 Å². The number of rotatable bonds is 8. The summed E-state index contributed by atoms with van der Waals surface area (Å²) in [4.78, 5) is 16.5. The molecule has 0 bridgehead atoms. The smallest absolute Gasteiger partial charge is 0.254 e. The van der Waals surface area contributed by atoms with Crippen LogP contribution >= 0.6 is 11.6 Å². The Morgan fingerprint density at radius 1 is 1.11 bits per heavy atom. The highest BCUT2D eigenvalue weighted by molar-refractivity contribution is 6.32. The van der Waals surface area contributed by atoms with Crippen LogP contribution in [-0.4, -0.2) is 45.7 Å². The number of hydrogen-bond acceptors (Lipinski definition) is 4. The molecule has 2 aromatic carbocycles. The molecule has 1 amide bonds. The molecule has 0 spiro atoms. The number of benzene rings is 2. The van der Waals surface area contributed by atoms with Crippen molar-refractivity contribution < 1.29 is 14.3 Å². The second-order valence-electron chi connectivity index (χ2n) is 6.56. The first-order chi connectivity index (χ1) is 12.9. The summed E-state index contributed by atoms with van der Waals surface area (Å²) < 4.78 is 11.0. The fraction of sp³-hybridized carbons (Fsp3) is 0.381. The number of hydrogen-bond donors (Lipinski definition) is 0. The lowest BCUT2D eigenvalue weighted by Crippen LogP contribution is -2.26. The van der Waals surface area contributed by atoms with Crippen LogP contribution in [0.1, 0.15) is 29.3 Å². The van der Waals surface area contributed by atoms with Crippen LogP contribution in [0.5, 0.6) is 11.5 Å². The lowest BCUT2D eigenvalue weighted by Gasteiger charge is -2.20. The second kappa shape index (κ2) is 9.51. The Morgan fingerprint density at radius 3 is 2.33 bits per heavy atom. The number of anilines is 1. The molecule has 0 heterocycles. The highest BCUT2D eigenvalue weighted by atomic mass is 35.5. The topological polar surface area (TPSA) is 42.0 Å². The van der Waals surface area contributed by atoms with Crippen molar-refractivity contribution in [2.75, 3.05) is 39.8 Å². The Hall–Kier alpha value is -2.40. The van der Waals surface area contributed by atoms with E-state index < -0.39 is 0 Å². The average Bonchev–Trinajstić information content (AvgIpc) is 2.66. The molecule has 0 radical (unpaired) electrons. The van der Waals surface area contributed by atoms with Crippen LogP contribution in [0.3, 0.4) is 0 Å². The van der Waals surface area contributed by atoms with Gasteiger partial charge in [0.05, 0.1) is 18.7 Å². The normalized spacial score (nSPS) is 10.4. The van der Waals surface area contributed by atoms with Gasteiger partial charge in [-0.25, -0.2) is 0 Å². The van der Waals surface area contributed by atoms with Gasteiger partial charge in [0.25, 0.3) is 5.91 Å². The molecular weight excluding hydrogens is 364 g/mol.